The van der Waals surface area contributed by atoms with Gasteiger partial charge in [0.25, 0.3) is 5.56 Å². The van der Waals surface area contributed by atoms with Gasteiger partial charge in [-0.15, -0.1) is 0 Å². The number of aromatic nitrogens is 6. The number of fused-ring (bicyclic) bond motifs is 2. The monoisotopic (exact) mass is 638 g/mol. The summed E-state index contributed by atoms with van der Waals surface area (Å²) in [6, 6.07) is 20.0. The molecule has 0 amide bonds. The van der Waals surface area contributed by atoms with Gasteiger partial charge in [0.1, 0.15) is 30.0 Å². The fourth-order valence-electron chi connectivity index (χ4n) is 5.23. The van der Waals surface area contributed by atoms with Gasteiger partial charge < -0.3 is 20.4 Å². The van der Waals surface area contributed by atoms with Crippen LogP contribution in [0.4, 0.5) is 11.5 Å². The number of nitrogen functional groups attached to an aromatic ring is 1. The average molecular weight is 639 g/mol. The SMILES string of the molecule is Cc1ccn2nc([C@H](C)Nc3ncnc4c3c(Sc3cccc(N)c3)cn4COCC[Si](C)(C)C)n(-c3ccccc3)c(=O)c12. The van der Waals surface area contributed by atoms with Crippen molar-refractivity contribution in [3.8, 4) is 5.69 Å². The van der Waals surface area contributed by atoms with Crippen LogP contribution in [0.1, 0.15) is 24.4 Å². The van der Waals surface area contributed by atoms with Crippen LogP contribution < -0.4 is 16.6 Å². The van der Waals surface area contributed by atoms with Crippen molar-refractivity contribution in [2.75, 3.05) is 17.7 Å². The van der Waals surface area contributed by atoms with E-state index in [4.69, 9.17) is 20.6 Å². The first-order valence-corrected chi connectivity index (χ1v) is 19.5. The van der Waals surface area contributed by atoms with Crippen LogP contribution in [0.25, 0.3) is 22.2 Å². The quantitative estimate of drug-likeness (QED) is 0.0909. The second-order valence-electron chi connectivity index (χ2n) is 12.4. The normalized spacial score (nSPS) is 12.6. The predicted molar refractivity (Wildman–Crippen MR) is 184 cm³/mol. The molecule has 0 spiro atoms. The number of hydrogen-bond donors (Lipinski definition) is 2. The number of benzene rings is 2. The molecule has 12 heteroatoms. The molecule has 6 rings (SSSR count). The number of nitrogens with one attached hydrogen (secondary N) is 1. The summed E-state index contributed by atoms with van der Waals surface area (Å²) in [4.78, 5) is 25.2. The van der Waals surface area contributed by atoms with Crippen molar-refractivity contribution in [3.05, 3.63) is 101 Å². The molecule has 0 radical (unpaired) electrons. The molecule has 4 heterocycles. The van der Waals surface area contributed by atoms with Crippen LogP contribution in [0.15, 0.2) is 94.0 Å². The summed E-state index contributed by atoms with van der Waals surface area (Å²) in [6.45, 7) is 12.0. The molecule has 0 aliphatic carbocycles. The molecule has 0 unspecified atom stereocenters. The number of aryl methyl sites for hydroxylation is 1. The van der Waals surface area contributed by atoms with Crippen LogP contribution in [0, 0.1) is 6.92 Å². The Morgan fingerprint density at radius 3 is 2.62 bits per heavy atom. The first-order chi connectivity index (χ1) is 21.6. The van der Waals surface area contributed by atoms with Crippen molar-refractivity contribution in [1.82, 2.24) is 28.7 Å². The Hall–Kier alpha value is -4.39. The minimum absolute atomic E-state index is 0.130. The summed E-state index contributed by atoms with van der Waals surface area (Å²) in [5.41, 5.74) is 9.60. The Kier molecular flexibility index (Phi) is 8.54. The molecule has 2 aromatic carbocycles. The molecule has 0 saturated heterocycles. The van der Waals surface area contributed by atoms with Crippen molar-refractivity contribution in [2.24, 2.45) is 0 Å². The summed E-state index contributed by atoms with van der Waals surface area (Å²) in [6.07, 6.45) is 5.44. The Morgan fingerprint density at radius 1 is 1.07 bits per heavy atom. The van der Waals surface area contributed by atoms with Crippen LogP contribution >= 0.6 is 11.8 Å². The molecular formula is C33H38N8O2SSi. The van der Waals surface area contributed by atoms with Gasteiger partial charge in [-0.3, -0.25) is 9.36 Å². The first-order valence-electron chi connectivity index (χ1n) is 15.0. The molecule has 0 fully saturated rings. The van der Waals surface area contributed by atoms with Crippen molar-refractivity contribution < 1.29 is 4.74 Å². The minimum atomic E-state index is -1.23. The number of nitrogens with two attached hydrogens (primary N) is 1. The Morgan fingerprint density at radius 2 is 1.87 bits per heavy atom. The molecular weight excluding hydrogens is 601 g/mol. The third-order valence-electron chi connectivity index (χ3n) is 7.60. The van der Waals surface area contributed by atoms with Gasteiger partial charge in [-0.25, -0.2) is 14.5 Å². The van der Waals surface area contributed by atoms with Crippen molar-refractivity contribution in [3.63, 3.8) is 0 Å². The summed E-state index contributed by atoms with van der Waals surface area (Å²) in [7, 11) is -1.23. The van der Waals surface area contributed by atoms with Crippen molar-refractivity contribution in [1.29, 1.82) is 0 Å². The summed E-state index contributed by atoms with van der Waals surface area (Å²) >= 11 is 1.60. The van der Waals surface area contributed by atoms with E-state index in [0.717, 1.165) is 38.1 Å². The maximum absolute atomic E-state index is 13.9. The molecule has 0 aliphatic rings. The predicted octanol–water partition coefficient (Wildman–Crippen LogP) is 6.76. The second-order valence-corrected chi connectivity index (χ2v) is 19.1. The summed E-state index contributed by atoms with van der Waals surface area (Å²) < 4.78 is 11.5. The van der Waals surface area contributed by atoms with Gasteiger partial charge in [0.05, 0.1) is 17.1 Å². The first kappa shape index (κ1) is 30.6. The number of nitrogens with zero attached hydrogens (tertiary/aromatic N) is 6. The Bertz CT molecular complexity index is 2030. The van der Waals surface area contributed by atoms with Crippen LogP contribution in [0.2, 0.25) is 25.7 Å². The highest BCUT2D eigenvalue weighted by atomic mass is 32.2. The molecule has 1 atom stereocenters. The van der Waals surface area contributed by atoms with Crippen LogP contribution in [0.5, 0.6) is 0 Å². The maximum atomic E-state index is 13.9. The molecule has 10 nitrogen and oxygen atoms in total. The standard InChI is InChI=1S/C33H38N8O2SSi/c1-22-14-15-40-29(22)33(42)41(25-11-7-6-8-12-25)31(38-40)23(2)37-30-28-27(44-26-13-9-10-24(34)18-26)19-39(32(28)36-20-35-30)21-43-16-17-45(3,4)5/h6-15,18-20,23H,16-17,21,34H2,1-5H3,(H,35,36,37)/t23-/m0/s1. The largest absolute Gasteiger partial charge is 0.399 e. The Labute approximate surface area is 267 Å². The topological polar surface area (TPSA) is 117 Å². The van der Waals surface area contributed by atoms with E-state index in [1.54, 1.807) is 27.2 Å². The highest BCUT2D eigenvalue weighted by Gasteiger charge is 2.23. The van der Waals surface area contributed by atoms with Crippen LogP contribution in [-0.2, 0) is 11.5 Å². The number of ether oxygens (including phenoxy) is 1. The molecule has 45 heavy (non-hydrogen) atoms. The molecule has 232 valence electrons. The van der Waals surface area contributed by atoms with E-state index in [9.17, 15) is 4.79 Å². The lowest BCUT2D eigenvalue weighted by Crippen LogP contribution is -2.29. The molecule has 4 aromatic heterocycles. The molecule has 6 aromatic rings. The molecule has 0 bridgehead atoms. The number of para-hydroxylation sites is 1. The van der Waals surface area contributed by atoms with Crippen molar-refractivity contribution in [2.45, 2.75) is 62.1 Å². The molecule has 0 aliphatic heterocycles. The van der Waals surface area contributed by atoms with Gasteiger partial charge >= 0.3 is 0 Å². The molecule has 0 saturated carbocycles. The minimum Gasteiger partial charge on any atom is -0.399 e. The van der Waals surface area contributed by atoms with E-state index in [2.05, 4.69) is 36.1 Å². The lowest BCUT2D eigenvalue weighted by atomic mass is 10.2. The summed E-state index contributed by atoms with van der Waals surface area (Å²) in [5, 5.41) is 9.35. The van der Waals surface area contributed by atoms with E-state index in [0.29, 0.717) is 36.2 Å². The summed E-state index contributed by atoms with van der Waals surface area (Å²) in [5.74, 6) is 1.19. The highest BCUT2D eigenvalue weighted by molar-refractivity contribution is 7.99. The van der Waals surface area contributed by atoms with E-state index < -0.39 is 14.1 Å². The van der Waals surface area contributed by atoms with Gasteiger partial charge in [0.15, 0.2) is 5.82 Å². The Balaban J connectivity index is 1.42. The number of rotatable bonds is 11. The van der Waals surface area contributed by atoms with Crippen molar-refractivity contribution >= 4 is 47.9 Å². The fraction of sp³-hybridized carbons (Fsp3) is 0.273. The van der Waals surface area contributed by atoms with Gasteiger partial charge in [-0.1, -0.05) is 55.7 Å². The van der Waals surface area contributed by atoms with Gasteiger partial charge in [0.2, 0.25) is 0 Å². The maximum Gasteiger partial charge on any atom is 0.282 e. The zero-order valence-electron chi connectivity index (χ0n) is 26.2. The zero-order chi connectivity index (χ0) is 31.7. The van der Waals surface area contributed by atoms with Crippen LogP contribution in [-0.4, -0.2) is 43.4 Å². The van der Waals surface area contributed by atoms with Gasteiger partial charge in [-0.05, 0) is 61.9 Å². The number of anilines is 2. The van der Waals surface area contributed by atoms with E-state index in [1.807, 2.05) is 85.3 Å². The average Bonchev–Trinajstić information content (AvgIpc) is 3.55. The third-order valence-corrected chi connectivity index (χ3v) is 10.3. The second kappa shape index (κ2) is 12.5. The fourth-order valence-corrected chi connectivity index (χ4v) is 7.05. The van der Waals surface area contributed by atoms with E-state index >= 15 is 0 Å². The van der Waals surface area contributed by atoms with Gasteiger partial charge in [-0.2, -0.15) is 5.10 Å². The van der Waals surface area contributed by atoms with E-state index in [1.165, 1.54) is 0 Å². The lowest BCUT2D eigenvalue weighted by molar-refractivity contribution is 0.0896. The molecule has 3 N–H and O–H groups in total. The smallest absolute Gasteiger partial charge is 0.282 e. The van der Waals surface area contributed by atoms with Gasteiger partial charge in [0, 0.05) is 42.6 Å². The third kappa shape index (κ3) is 6.53. The zero-order valence-corrected chi connectivity index (χ0v) is 28.0. The number of hydrogen-bond acceptors (Lipinski definition) is 8. The lowest BCUT2D eigenvalue weighted by Gasteiger charge is -2.20. The van der Waals surface area contributed by atoms with E-state index in [-0.39, 0.29) is 5.56 Å². The van der Waals surface area contributed by atoms with Crippen LogP contribution in [0.3, 0.4) is 0 Å². The highest BCUT2D eigenvalue weighted by Crippen LogP contribution is 2.38.